The fourth-order valence-corrected chi connectivity index (χ4v) is 2.28. The lowest BCUT2D eigenvalue weighted by Crippen LogP contribution is -2.50. The summed E-state index contributed by atoms with van der Waals surface area (Å²) in [4.78, 5) is 11.9. The first-order chi connectivity index (χ1) is 9.43. The third-order valence-electron chi connectivity index (χ3n) is 3.35. The summed E-state index contributed by atoms with van der Waals surface area (Å²) in [5, 5.41) is 2.61. The van der Waals surface area contributed by atoms with Crippen molar-refractivity contribution < 1.29 is 18.3 Å². The van der Waals surface area contributed by atoms with Crippen LogP contribution in [0.2, 0.25) is 0 Å². The number of methoxy groups -OCH3 is 1. The quantitative estimate of drug-likeness (QED) is 0.901. The number of benzene rings is 1. The van der Waals surface area contributed by atoms with Crippen LogP contribution in [0.3, 0.4) is 0 Å². The summed E-state index contributed by atoms with van der Waals surface area (Å²) < 4.78 is 30.6. The Morgan fingerprint density at radius 3 is 2.80 bits per heavy atom. The lowest BCUT2D eigenvalue weighted by Gasteiger charge is -2.35. The molecule has 0 heterocycles. The van der Waals surface area contributed by atoms with Crippen LogP contribution in [0.1, 0.15) is 24.0 Å². The van der Waals surface area contributed by atoms with E-state index in [4.69, 9.17) is 4.74 Å². The Morgan fingerprint density at radius 1 is 1.55 bits per heavy atom. The van der Waals surface area contributed by atoms with Gasteiger partial charge in [-0.3, -0.25) is 4.79 Å². The van der Waals surface area contributed by atoms with Crippen LogP contribution in [-0.2, 0) is 11.2 Å². The van der Waals surface area contributed by atoms with E-state index in [9.17, 15) is 13.6 Å². The van der Waals surface area contributed by atoms with Gasteiger partial charge in [0, 0.05) is 24.4 Å². The topological polar surface area (TPSA) is 38.3 Å². The number of carbonyl (C=O) groups excluding carboxylic acids is 1. The fraction of sp³-hybridized carbons (Fsp3) is 0.400. The van der Waals surface area contributed by atoms with Gasteiger partial charge in [-0.05, 0) is 17.7 Å². The highest BCUT2D eigenvalue weighted by molar-refractivity contribution is 5.80. The highest BCUT2D eigenvalue weighted by Gasteiger charge is 2.45. The van der Waals surface area contributed by atoms with Crippen LogP contribution in [0.5, 0.6) is 5.75 Å². The third kappa shape index (κ3) is 3.35. The van der Waals surface area contributed by atoms with Gasteiger partial charge in [0.25, 0.3) is 5.92 Å². The summed E-state index contributed by atoms with van der Waals surface area (Å²) in [7, 11) is 1.52. The maximum atomic E-state index is 12.7. The van der Waals surface area contributed by atoms with Crippen molar-refractivity contribution in [3.63, 3.8) is 0 Å². The van der Waals surface area contributed by atoms with Crippen molar-refractivity contribution in [2.24, 2.45) is 0 Å². The van der Waals surface area contributed by atoms with E-state index in [2.05, 4.69) is 11.9 Å². The molecule has 0 aromatic heterocycles. The SMILES string of the molecule is C=Cc1ccc(OC)c(CC(=O)NC2CC(F)(F)C2)c1. The van der Waals surface area contributed by atoms with Crippen LogP contribution in [0, 0.1) is 0 Å². The van der Waals surface area contributed by atoms with Crippen LogP contribution in [-0.4, -0.2) is 25.0 Å². The Kier molecular flexibility index (Phi) is 4.06. The predicted octanol–water partition coefficient (Wildman–Crippen LogP) is 2.79. The predicted molar refractivity (Wildman–Crippen MR) is 72.9 cm³/mol. The molecule has 0 aliphatic heterocycles. The van der Waals surface area contributed by atoms with Gasteiger partial charge in [-0.2, -0.15) is 0 Å². The Hall–Kier alpha value is -1.91. The van der Waals surface area contributed by atoms with E-state index < -0.39 is 12.0 Å². The molecule has 1 amide bonds. The molecule has 2 rings (SSSR count). The van der Waals surface area contributed by atoms with Crippen molar-refractivity contribution in [1.82, 2.24) is 5.32 Å². The van der Waals surface area contributed by atoms with Gasteiger partial charge in [-0.15, -0.1) is 0 Å². The van der Waals surface area contributed by atoms with Crippen molar-refractivity contribution in [3.8, 4) is 5.75 Å². The zero-order valence-corrected chi connectivity index (χ0v) is 11.3. The van der Waals surface area contributed by atoms with Crippen LogP contribution >= 0.6 is 0 Å². The van der Waals surface area contributed by atoms with E-state index in [1.807, 2.05) is 6.07 Å². The highest BCUT2D eigenvalue weighted by atomic mass is 19.3. The van der Waals surface area contributed by atoms with Gasteiger partial charge < -0.3 is 10.1 Å². The molecule has 1 aromatic carbocycles. The number of hydrogen-bond acceptors (Lipinski definition) is 2. The van der Waals surface area contributed by atoms with Crippen LogP contribution < -0.4 is 10.1 Å². The Balaban J connectivity index is 1.98. The first kappa shape index (κ1) is 14.5. The smallest absolute Gasteiger partial charge is 0.252 e. The molecule has 0 bridgehead atoms. The zero-order chi connectivity index (χ0) is 14.8. The molecule has 1 fully saturated rings. The number of carbonyl (C=O) groups is 1. The lowest BCUT2D eigenvalue weighted by molar-refractivity contribution is -0.128. The third-order valence-corrected chi connectivity index (χ3v) is 3.35. The van der Waals surface area contributed by atoms with E-state index in [1.165, 1.54) is 7.11 Å². The molecular weight excluding hydrogens is 264 g/mol. The van der Waals surface area contributed by atoms with E-state index in [0.717, 1.165) is 5.56 Å². The van der Waals surface area contributed by atoms with Crippen molar-refractivity contribution >= 4 is 12.0 Å². The van der Waals surface area contributed by atoms with Gasteiger partial charge in [0.05, 0.1) is 13.5 Å². The fourth-order valence-electron chi connectivity index (χ4n) is 2.28. The van der Waals surface area contributed by atoms with Crippen LogP contribution in [0.15, 0.2) is 24.8 Å². The summed E-state index contributed by atoms with van der Waals surface area (Å²) in [6.07, 6.45) is 1.23. The molecule has 108 valence electrons. The van der Waals surface area contributed by atoms with Gasteiger partial charge in [-0.25, -0.2) is 8.78 Å². The molecule has 0 radical (unpaired) electrons. The van der Waals surface area contributed by atoms with E-state index in [0.29, 0.717) is 11.3 Å². The Morgan fingerprint density at radius 2 is 2.25 bits per heavy atom. The molecule has 0 spiro atoms. The molecule has 3 nitrogen and oxygen atoms in total. The summed E-state index contributed by atoms with van der Waals surface area (Å²) >= 11 is 0. The number of ether oxygens (including phenoxy) is 1. The normalized spacial score (nSPS) is 17.1. The first-order valence-electron chi connectivity index (χ1n) is 6.40. The Bertz CT molecular complexity index is 521. The van der Waals surface area contributed by atoms with Crippen molar-refractivity contribution in [2.45, 2.75) is 31.2 Å². The minimum absolute atomic E-state index is 0.104. The van der Waals surface area contributed by atoms with E-state index in [1.54, 1.807) is 18.2 Å². The molecule has 1 aromatic rings. The van der Waals surface area contributed by atoms with E-state index >= 15 is 0 Å². The molecule has 0 saturated heterocycles. The lowest BCUT2D eigenvalue weighted by atomic mass is 9.88. The van der Waals surface area contributed by atoms with Crippen molar-refractivity contribution in [1.29, 1.82) is 0 Å². The summed E-state index contributed by atoms with van der Waals surface area (Å²) in [5.41, 5.74) is 1.59. The number of nitrogens with one attached hydrogen (secondary N) is 1. The van der Waals surface area contributed by atoms with Gasteiger partial charge >= 0.3 is 0 Å². The summed E-state index contributed by atoms with van der Waals surface area (Å²) in [6, 6.07) is 4.98. The zero-order valence-electron chi connectivity index (χ0n) is 11.3. The van der Waals surface area contributed by atoms with Crippen LogP contribution in [0.4, 0.5) is 8.78 Å². The molecule has 5 heteroatoms. The Labute approximate surface area is 116 Å². The minimum atomic E-state index is -2.63. The van der Waals surface area contributed by atoms with Gasteiger partial charge in [0.1, 0.15) is 5.75 Å². The molecule has 0 atom stereocenters. The minimum Gasteiger partial charge on any atom is -0.496 e. The maximum Gasteiger partial charge on any atom is 0.252 e. The average molecular weight is 281 g/mol. The van der Waals surface area contributed by atoms with Gasteiger partial charge in [0.2, 0.25) is 5.91 Å². The molecule has 1 saturated carbocycles. The van der Waals surface area contributed by atoms with Crippen molar-refractivity contribution in [3.05, 3.63) is 35.9 Å². The summed E-state index contributed by atoms with van der Waals surface area (Å²) in [5.74, 6) is -2.30. The molecule has 1 aliphatic carbocycles. The number of hydrogen-bond donors (Lipinski definition) is 1. The highest BCUT2D eigenvalue weighted by Crippen LogP contribution is 2.37. The second kappa shape index (κ2) is 5.61. The number of halogens is 2. The number of rotatable bonds is 5. The van der Waals surface area contributed by atoms with Crippen molar-refractivity contribution in [2.75, 3.05) is 7.11 Å². The molecule has 0 unspecified atom stereocenters. The molecule has 20 heavy (non-hydrogen) atoms. The first-order valence-corrected chi connectivity index (χ1v) is 6.40. The maximum absolute atomic E-state index is 12.7. The molecule has 1 N–H and O–H groups in total. The molecule has 1 aliphatic rings. The number of alkyl halides is 2. The number of amides is 1. The monoisotopic (exact) mass is 281 g/mol. The second-order valence-corrected chi connectivity index (χ2v) is 4.98. The average Bonchev–Trinajstić information content (AvgIpc) is 2.36. The second-order valence-electron chi connectivity index (χ2n) is 4.98. The standard InChI is InChI=1S/C15H17F2NO2/c1-3-10-4-5-13(20-2)11(6-10)7-14(19)18-12-8-15(16,17)9-12/h3-6,12H,1,7-9H2,2H3,(H,18,19). The van der Waals surface area contributed by atoms with Gasteiger partial charge in [-0.1, -0.05) is 18.7 Å². The molecular formula is C15H17F2NO2. The van der Waals surface area contributed by atoms with E-state index in [-0.39, 0.29) is 25.2 Å². The largest absolute Gasteiger partial charge is 0.496 e. The van der Waals surface area contributed by atoms with Gasteiger partial charge in [0.15, 0.2) is 0 Å². The summed E-state index contributed by atoms with van der Waals surface area (Å²) in [6.45, 7) is 3.67. The van der Waals surface area contributed by atoms with Crippen LogP contribution in [0.25, 0.3) is 6.08 Å².